The molecule has 0 saturated carbocycles. The fourth-order valence-corrected chi connectivity index (χ4v) is 5.63. The lowest BCUT2D eigenvalue weighted by Crippen LogP contribution is -2.44. The standard InChI is InChI=1S/C37H43N3O6/c1-43-34-16-11-29(26-35(34)44-2)17-20-39(27-33-10-6-23-46-33)36(41)28-40(19-7-18-38-21-24-45-25-22-38)37(42)32-14-12-31(13-15-32)30-8-4-3-5-9-30/h3-6,8-16,23,26H,7,17-22,24-25,27-28H2,1-2H3. The van der Waals surface area contributed by atoms with Crippen molar-refractivity contribution in [1.29, 1.82) is 0 Å². The van der Waals surface area contributed by atoms with Gasteiger partial charge in [0.15, 0.2) is 11.5 Å². The van der Waals surface area contributed by atoms with Crippen molar-refractivity contribution in [3.05, 3.63) is 108 Å². The Bertz CT molecular complexity index is 1520. The molecule has 1 aromatic heterocycles. The third-order valence-corrected chi connectivity index (χ3v) is 8.26. The van der Waals surface area contributed by atoms with E-state index in [2.05, 4.69) is 4.90 Å². The molecule has 4 aromatic rings. The Morgan fingerprint density at radius 1 is 0.804 bits per heavy atom. The Kier molecular flexibility index (Phi) is 11.9. The van der Waals surface area contributed by atoms with Crippen LogP contribution in [-0.4, -0.2) is 93.2 Å². The number of morpholine rings is 1. The first-order chi connectivity index (χ1) is 22.5. The van der Waals surface area contributed by atoms with Crippen LogP contribution in [0.5, 0.6) is 11.5 Å². The maximum Gasteiger partial charge on any atom is 0.254 e. The number of amides is 2. The van der Waals surface area contributed by atoms with Gasteiger partial charge in [0.2, 0.25) is 5.91 Å². The largest absolute Gasteiger partial charge is 0.493 e. The highest BCUT2D eigenvalue weighted by molar-refractivity contribution is 5.97. The predicted molar refractivity (Wildman–Crippen MR) is 177 cm³/mol. The van der Waals surface area contributed by atoms with Gasteiger partial charge in [-0.1, -0.05) is 48.5 Å². The van der Waals surface area contributed by atoms with Gasteiger partial charge in [-0.05, 0) is 65.9 Å². The van der Waals surface area contributed by atoms with Crippen LogP contribution in [0.25, 0.3) is 11.1 Å². The molecule has 0 radical (unpaired) electrons. The van der Waals surface area contributed by atoms with Gasteiger partial charge >= 0.3 is 0 Å². The summed E-state index contributed by atoms with van der Waals surface area (Å²) in [6, 6.07) is 27.1. The Balaban J connectivity index is 1.31. The minimum Gasteiger partial charge on any atom is -0.493 e. The Hall–Kier alpha value is -4.60. The van der Waals surface area contributed by atoms with E-state index in [0.717, 1.165) is 56.0 Å². The molecule has 242 valence electrons. The van der Waals surface area contributed by atoms with Crippen molar-refractivity contribution in [3.8, 4) is 22.6 Å². The maximum atomic E-state index is 14.0. The van der Waals surface area contributed by atoms with Crippen molar-refractivity contribution >= 4 is 11.8 Å². The summed E-state index contributed by atoms with van der Waals surface area (Å²) in [6.07, 6.45) is 2.95. The van der Waals surface area contributed by atoms with Gasteiger partial charge in [-0.25, -0.2) is 0 Å². The topological polar surface area (TPSA) is 84.7 Å². The van der Waals surface area contributed by atoms with Crippen LogP contribution in [0.2, 0.25) is 0 Å². The van der Waals surface area contributed by atoms with Gasteiger partial charge in [-0.15, -0.1) is 0 Å². The monoisotopic (exact) mass is 625 g/mol. The van der Waals surface area contributed by atoms with Crippen molar-refractivity contribution in [2.45, 2.75) is 19.4 Å². The summed E-state index contributed by atoms with van der Waals surface area (Å²) in [6.45, 7) is 5.21. The van der Waals surface area contributed by atoms with Crippen LogP contribution >= 0.6 is 0 Å². The van der Waals surface area contributed by atoms with Crippen LogP contribution < -0.4 is 9.47 Å². The van der Waals surface area contributed by atoms with Gasteiger partial charge in [-0.2, -0.15) is 0 Å². The van der Waals surface area contributed by atoms with Crippen molar-refractivity contribution in [1.82, 2.24) is 14.7 Å². The normalized spacial score (nSPS) is 13.3. The molecule has 5 rings (SSSR count). The first-order valence-electron chi connectivity index (χ1n) is 15.8. The van der Waals surface area contributed by atoms with Gasteiger partial charge in [-0.3, -0.25) is 14.5 Å². The van der Waals surface area contributed by atoms with Crippen molar-refractivity contribution in [2.24, 2.45) is 0 Å². The average Bonchev–Trinajstić information content (AvgIpc) is 3.63. The third-order valence-electron chi connectivity index (χ3n) is 8.26. The number of nitrogens with zero attached hydrogens (tertiary/aromatic N) is 3. The molecule has 2 amide bonds. The summed E-state index contributed by atoms with van der Waals surface area (Å²) < 4.78 is 22.0. The van der Waals surface area contributed by atoms with Crippen LogP contribution in [-0.2, 0) is 22.5 Å². The molecule has 1 aliphatic heterocycles. The Morgan fingerprint density at radius 3 is 2.24 bits per heavy atom. The van der Waals surface area contributed by atoms with Crippen LogP contribution in [0.1, 0.15) is 28.1 Å². The summed E-state index contributed by atoms with van der Waals surface area (Å²) >= 11 is 0. The van der Waals surface area contributed by atoms with Gasteiger partial charge in [0.1, 0.15) is 12.3 Å². The minimum atomic E-state index is -0.159. The SMILES string of the molecule is COc1ccc(CCN(Cc2ccco2)C(=O)CN(CCCN2CCOCC2)C(=O)c2ccc(-c3ccccc3)cc2)cc1OC. The van der Waals surface area contributed by atoms with Gasteiger partial charge in [0.25, 0.3) is 5.91 Å². The minimum absolute atomic E-state index is 0.0327. The van der Waals surface area contributed by atoms with Gasteiger partial charge in [0, 0.05) is 38.3 Å². The lowest BCUT2D eigenvalue weighted by molar-refractivity contribution is -0.132. The first-order valence-corrected chi connectivity index (χ1v) is 15.8. The number of rotatable bonds is 15. The molecule has 0 bridgehead atoms. The number of hydrogen-bond donors (Lipinski definition) is 0. The van der Waals surface area contributed by atoms with Crippen molar-refractivity contribution < 1.29 is 28.2 Å². The van der Waals surface area contributed by atoms with Crippen LogP contribution in [0.4, 0.5) is 0 Å². The average molecular weight is 626 g/mol. The number of furan rings is 1. The number of carbonyl (C=O) groups is 2. The summed E-state index contributed by atoms with van der Waals surface area (Å²) in [5.74, 6) is 1.67. The molecule has 9 nitrogen and oxygen atoms in total. The number of benzene rings is 3. The molecular formula is C37H43N3O6. The van der Waals surface area contributed by atoms with Gasteiger partial charge in [0.05, 0.1) is 40.2 Å². The van der Waals surface area contributed by atoms with Crippen LogP contribution in [0, 0.1) is 0 Å². The molecule has 9 heteroatoms. The quantitative estimate of drug-likeness (QED) is 0.175. The highest BCUT2D eigenvalue weighted by atomic mass is 16.5. The van der Waals surface area contributed by atoms with E-state index in [4.69, 9.17) is 18.6 Å². The predicted octanol–water partition coefficient (Wildman–Crippen LogP) is 5.40. The van der Waals surface area contributed by atoms with Crippen LogP contribution in [0.3, 0.4) is 0 Å². The molecule has 1 saturated heterocycles. The lowest BCUT2D eigenvalue weighted by atomic mass is 10.0. The molecule has 0 spiro atoms. The van der Waals surface area contributed by atoms with E-state index in [1.54, 1.807) is 30.3 Å². The Morgan fingerprint density at radius 2 is 1.54 bits per heavy atom. The smallest absolute Gasteiger partial charge is 0.254 e. The fourth-order valence-electron chi connectivity index (χ4n) is 5.63. The zero-order chi connectivity index (χ0) is 32.1. The highest BCUT2D eigenvalue weighted by Crippen LogP contribution is 2.28. The molecule has 46 heavy (non-hydrogen) atoms. The summed E-state index contributed by atoms with van der Waals surface area (Å²) in [5.41, 5.74) is 3.68. The number of hydrogen-bond acceptors (Lipinski definition) is 7. The summed E-state index contributed by atoms with van der Waals surface area (Å²) in [5, 5.41) is 0. The molecule has 0 unspecified atom stereocenters. The molecule has 2 heterocycles. The molecule has 1 aliphatic rings. The fraction of sp³-hybridized carbons (Fsp3) is 0.351. The molecule has 0 atom stereocenters. The van der Waals surface area contributed by atoms with Crippen molar-refractivity contribution in [2.75, 3.05) is 66.7 Å². The molecule has 3 aromatic carbocycles. The van der Waals surface area contributed by atoms with Gasteiger partial charge < -0.3 is 28.4 Å². The van der Waals surface area contributed by atoms with Crippen LogP contribution in [0.15, 0.2) is 95.6 Å². The zero-order valence-corrected chi connectivity index (χ0v) is 26.7. The second-order valence-corrected chi connectivity index (χ2v) is 11.3. The lowest BCUT2D eigenvalue weighted by Gasteiger charge is -2.30. The first kappa shape index (κ1) is 32.8. The maximum absolute atomic E-state index is 14.0. The number of methoxy groups -OCH3 is 2. The van der Waals surface area contributed by atoms with Crippen molar-refractivity contribution in [3.63, 3.8) is 0 Å². The van der Waals surface area contributed by atoms with E-state index in [1.165, 1.54) is 0 Å². The number of ether oxygens (including phenoxy) is 3. The Labute approximate surface area is 271 Å². The molecule has 1 fully saturated rings. The van der Waals surface area contributed by atoms with E-state index < -0.39 is 0 Å². The second-order valence-electron chi connectivity index (χ2n) is 11.3. The van der Waals surface area contributed by atoms with E-state index in [1.807, 2.05) is 84.9 Å². The van der Waals surface area contributed by atoms with E-state index in [0.29, 0.717) is 48.9 Å². The molecule has 0 N–H and O–H groups in total. The summed E-state index contributed by atoms with van der Waals surface area (Å²) in [4.78, 5) is 33.7. The zero-order valence-electron chi connectivity index (χ0n) is 26.7. The number of carbonyl (C=O) groups excluding carboxylic acids is 2. The summed E-state index contributed by atoms with van der Waals surface area (Å²) in [7, 11) is 3.21. The van der Waals surface area contributed by atoms with E-state index in [-0.39, 0.29) is 18.4 Å². The van der Waals surface area contributed by atoms with E-state index >= 15 is 0 Å². The highest BCUT2D eigenvalue weighted by Gasteiger charge is 2.24. The molecular weight excluding hydrogens is 582 g/mol. The molecule has 0 aliphatic carbocycles. The van der Waals surface area contributed by atoms with E-state index in [9.17, 15) is 9.59 Å². The second kappa shape index (κ2) is 16.6. The third kappa shape index (κ3) is 8.99.